The maximum Gasteiger partial charge on any atom is 0.101 e. The van der Waals surface area contributed by atoms with Gasteiger partial charge in [0.1, 0.15) is 5.69 Å². The summed E-state index contributed by atoms with van der Waals surface area (Å²) in [5.74, 6) is 0. The molecule has 0 aliphatic heterocycles. The molecule has 6 heteroatoms. The van der Waals surface area contributed by atoms with Crippen molar-refractivity contribution in [1.29, 1.82) is 0 Å². The van der Waals surface area contributed by atoms with Crippen molar-refractivity contribution in [3.63, 3.8) is 0 Å². The fourth-order valence-electron chi connectivity index (χ4n) is 5.18. The van der Waals surface area contributed by atoms with Crippen LogP contribution in [0.1, 0.15) is 24.0 Å². The predicted molar refractivity (Wildman–Crippen MR) is 126 cm³/mol. The van der Waals surface area contributed by atoms with E-state index in [4.69, 9.17) is 4.98 Å². The Morgan fingerprint density at radius 2 is 1.56 bits per heavy atom. The highest BCUT2D eigenvalue weighted by Crippen LogP contribution is 2.40. The van der Waals surface area contributed by atoms with Crippen molar-refractivity contribution in [2.45, 2.75) is 25.7 Å². The van der Waals surface area contributed by atoms with Crippen LogP contribution in [0.4, 0.5) is 0 Å². The molecular weight excluding hydrogens is 396 g/mol. The highest BCUT2D eigenvalue weighted by molar-refractivity contribution is 6.13. The van der Waals surface area contributed by atoms with Gasteiger partial charge in [-0.1, -0.05) is 6.07 Å². The van der Waals surface area contributed by atoms with E-state index in [1.54, 1.807) is 0 Å². The molecule has 32 heavy (non-hydrogen) atoms. The third-order valence-corrected chi connectivity index (χ3v) is 6.66. The summed E-state index contributed by atoms with van der Waals surface area (Å²) in [6, 6.07) is 14.7. The summed E-state index contributed by atoms with van der Waals surface area (Å²) in [5.41, 5.74) is 10.2. The molecule has 0 spiro atoms. The lowest BCUT2D eigenvalue weighted by atomic mass is 9.85. The van der Waals surface area contributed by atoms with Crippen molar-refractivity contribution in [3.05, 3.63) is 72.2 Å². The van der Waals surface area contributed by atoms with Gasteiger partial charge in [0.25, 0.3) is 0 Å². The normalized spacial score (nSPS) is 13.8. The molecule has 0 bridgehead atoms. The van der Waals surface area contributed by atoms with Crippen molar-refractivity contribution >= 4 is 32.7 Å². The zero-order valence-electron chi connectivity index (χ0n) is 17.4. The lowest BCUT2D eigenvalue weighted by Gasteiger charge is -2.22. The van der Waals surface area contributed by atoms with Crippen molar-refractivity contribution in [1.82, 2.24) is 30.4 Å². The first kappa shape index (κ1) is 17.6. The number of hydrogen-bond donors (Lipinski definition) is 2. The van der Waals surface area contributed by atoms with Gasteiger partial charge in [-0.05, 0) is 73.2 Å². The second kappa shape index (κ2) is 6.72. The largest absolute Gasteiger partial charge is 0.278 e. The van der Waals surface area contributed by atoms with E-state index in [1.165, 1.54) is 29.4 Å². The van der Waals surface area contributed by atoms with Crippen LogP contribution in [0.2, 0.25) is 0 Å². The van der Waals surface area contributed by atoms with Crippen LogP contribution >= 0.6 is 0 Å². The molecule has 0 fully saturated rings. The minimum atomic E-state index is 0.968. The summed E-state index contributed by atoms with van der Waals surface area (Å²) in [6.45, 7) is 0. The van der Waals surface area contributed by atoms with Crippen LogP contribution in [0.5, 0.6) is 0 Å². The van der Waals surface area contributed by atoms with E-state index >= 15 is 0 Å². The standard InChI is InChI=1S/C26H20N6/c1-2-4-19-18(3-1)23-21(29-25(19)16-5-6-20-17(13-16)14-28-30-20)7-8-22-24(23)26(32-31-22)15-9-11-27-12-10-15/h5-14H,1-4H2,(H,28,30)(H,31,32). The van der Waals surface area contributed by atoms with Gasteiger partial charge in [0.05, 0.1) is 28.4 Å². The van der Waals surface area contributed by atoms with Gasteiger partial charge in [-0.2, -0.15) is 10.2 Å². The second-order valence-corrected chi connectivity index (χ2v) is 8.49. The Morgan fingerprint density at radius 1 is 0.719 bits per heavy atom. The van der Waals surface area contributed by atoms with Crippen LogP contribution in [0, 0.1) is 0 Å². The molecule has 4 heterocycles. The first-order valence-electron chi connectivity index (χ1n) is 11.0. The molecule has 6 nitrogen and oxygen atoms in total. The molecule has 0 atom stereocenters. The second-order valence-electron chi connectivity index (χ2n) is 8.49. The van der Waals surface area contributed by atoms with Crippen molar-refractivity contribution in [2.24, 2.45) is 0 Å². The number of hydrogen-bond acceptors (Lipinski definition) is 4. The number of nitrogens with one attached hydrogen (secondary N) is 2. The van der Waals surface area contributed by atoms with Crippen LogP contribution in [-0.2, 0) is 12.8 Å². The van der Waals surface area contributed by atoms with E-state index in [-0.39, 0.29) is 0 Å². The quantitative estimate of drug-likeness (QED) is 0.385. The highest BCUT2D eigenvalue weighted by atomic mass is 15.1. The van der Waals surface area contributed by atoms with E-state index in [0.717, 1.165) is 62.7 Å². The molecule has 0 saturated carbocycles. The SMILES string of the molecule is c1cc(-c2n[nH]c3ccc4nc(-c5ccc6[nH]ncc6c5)c5c(c4c23)CCCC5)ccn1. The van der Waals surface area contributed by atoms with Gasteiger partial charge in [0, 0.05) is 39.7 Å². The van der Waals surface area contributed by atoms with Crippen LogP contribution in [0.25, 0.3) is 55.2 Å². The Kier molecular flexibility index (Phi) is 3.70. The van der Waals surface area contributed by atoms with E-state index < -0.39 is 0 Å². The molecule has 154 valence electrons. The molecule has 0 unspecified atom stereocenters. The van der Waals surface area contributed by atoms with Gasteiger partial charge in [-0.3, -0.25) is 15.2 Å². The number of benzene rings is 2. The fourth-order valence-corrected chi connectivity index (χ4v) is 5.18. The number of rotatable bonds is 2. The fraction of sp³-hybridized carbons (Fsp3) is 0.154. The molecule has 1 aliphatic carbocycles. The van der Waals surface area contributed by atoms with Gasteiger partial charge in [-0.25, -0.2) is 4.98 Å². The van der Waals surface area contributed by atoms with Crippen LogP contribution in [0.3, 0.4) is 0 Å². The summed E-state index contributed by atoms with van der Waals surface area (Å²) in [4.78, 5) is 9.40. The first-order chi connectivity index (χ1) is 15.9. The number of pyridine rings is 2. The minimum absolute atomic E-state index is 0.968. The number of nitrogens with zero attached hydrogens (tertiary/aromatic N) is 4. The smallest absolute Gasteiger partial charge is 0.101 e. The summed E-state index contributed by atoms with van der Waals surface area (Å²) in [7, 11) is 0. The summed E-state index contributed by atoms with van der Waals surface area (Å²) < 4.78 is 0. The summed E-state index contributed by atoms with van der Waals surface area (Å²) in [6.07, 6.45) is 10.0. The number of fused-ring (bicyclic) bond motifs is 6. The molecule has 6 aromatic rings. The minimum Gasteiger partial charge on any atom is -0.278 e. The zero-order chi connectivity index (χ0) is 21.1. The van der Waals surface area contributed by atoms with E-state index in [9.17, 15) is 0 Å². The van der Waals surface area contributed by atoms with E-state index in [0.29, 0.717) is 0 Å². The number of aryl methyl sites for hydroxylation is 1. The molecule has 0 saturated heterocycles. The third kappa shape index (κ3) is 2.52. The number of aromatic nitrogens is 6. The average Bonchev–Trinajstić information content (AvgIpc) is 3.50. The topological polar surface area (TPSA) is 83.1 Å². The predicted octanol–water partition coefficient (Wildman–Crippen LogP) is 5.60. The van der Waals surface area contributed by atoms with Crippen molar-refractivity contribution in [3.8, 4) is 22.5 Å². The maximum atomic E-state index is 5.23. The van der Waals surface area contributed by atoms with E-state index in [2.05, 4.69) is 55.7 Å². The number of aromatic amines is 2. The van der Waals surface area contributed by atoms with E-state index in [1.807, 2.05) is 30.7 Å². The molecule has 0 radical (unpaired) electrons. The monoisotopic (exact) mass is 416 g/mol. The summed E-state index contributed by atoms with van der Waals surface area (Å²) >= 11 is 0. The Labute approximate surface area is 183 Å². The molecule has 2 aromatic carbocycles. The van der Waals surface area contributed by atoms with Crippen molar-refractivity contribution < 1.29 is 0 Å². The highest BCUT2D eigenvalue weighted by Gasteiger charge is 2.23. The Morgan fingerprint density at radius 3 is 2.47 bits per heavy atom. The maximum absolute atomic E-state index is 5.23. The van der Waals surface area contributed by atoms with Crippen LogP contribution < -0.4 is 0 Å². The lowest BCUT2D eigenvalue weighted by molar-refractivity contribution is 0.689. The third-order valence-electron chi connectivity index (χ3n) is 6.66. The molecule has 7 rings (SSSR count). The van der Waals surface area contributed by atoms with Gasteiger partial charge in [0.2, 0.25) is 0 Å². The Bertz CT molecular complexity index is 1630. The zero-order valence-corrected chi connectivity index (χ0v) is 17.4. The van der Waals surface area contributed by atoms with Gasteiger partial charge in [-0.15, -0.1) is 0 Å². The van der Waals surface area contributed by atoms with Crippen molar-refractivity contribution in [2.75, 3.05) is 0 Å². The van der Waals surface area contributed by atoms with Crippen LogP contribution in [-0.4, -0.2) is 30.4 Å². The van der Waals surface area contributed by atoms with Gasteiger partial charge >= 0.3 is 0 Å². The van der Waals surface area contributed by atoms with Gasteiger partial charge in [0.15, 0.2) is 0 Å². The molecule has 2 N–H and O–H groups in total. The average molecular weight is 416 g/mol. The number of H-pyrrole nitrogens is 2. The molecule has 0 amide bonds. The molecule has 4 aromatic heterocycles. The lowest BCUT2D eigenvalue weighted by Crippen LogP contribution is -2.08. The van der Waals surface area contributed by atoms with Gasteiger partial charge < -0.3 is 0 Å². The Balaban J connectivity index is 1.56. The molecule has 1 aliphatic rings. The Hall–Kier alpha value is -4.06. The first-order valence-corrected chi connectivity index (χ1v) is 11.0. The van der Waals surface area contributed by atoms with Crippen LogP contribution in [0.15, 0.2) is 61.1 Å². The summed E-state index contributed by atoms with van der Waals surface area (Å²) in [5, 5.41) is 18.7. The molecular formula is C26H20N6.